The third-order valence-electron chi connectivity index (χ3n) is 1.46. The maximum atomic E-state index is 12.4. The van der Waals surface area contributed by atoms with E-state index < -0.39 is 30.9 Å². The molecule has 0 fully saturated rings. The van der Waals surface area contributed by atoms with Gasteiger partial charge in [0, 0.05) is 0 Å². The fourth-order valence-electron chi connectivity index (χ4n) is 0.592. The first kappa shape index (κ1) is 13.2. The van der Waals surface area contributed by atoms with Crippen LogP contribution in [0.1, 0.15) is 6.42 Å². The molecule has 0 saturated carbocycles. The molecule has 0 aliphatic heterocycles. The number of rotatable bonds is 5. The number of halogens is 7. The van der Waals surface area contributed by atoms with Crippen molar-refractivity contribution in [3.63, 3.8) is 0 Å². The largest absolute Gasteiger partial charge is 0.310 e. The van der Waals surface area contributed by atoms with Crippen LogP contribution in [0.4, 0.5) is 30.7 Å². The molecule has 0 amide bonds. The lowest BCUT2D eigenvalue weighted by atomic mass is 10.1. The maximum Gasteiger partial charge on any atom is 0.310 e. The molecule has 0 nitrogen and oxygen atoms in total. The van der Waals surface area contributed by atoms with Gasteiger partial charge < -0.3 is 0 Å². The summed E-state index contributed by atoms with van der Waals surface area (Å²) in [5.41, 5.74) is 0. The molecule has 0 bridgehead atoms. The van der Waals surface area contributed by atoms with Gasteiger partial charge in [0.1, 0.15) is 0 Å². The van der Waals surface area contributed by atoms with E-state index in [1.807, 2.05) is 0 Å². The second-order valence-corrected chi connectivity index (χ2v) is 2.61. The number of allylic oxidation sites excluding steroid dienone is 1. The van der Waals surface area contributed by atoms with Crippen molar-refractivity contribution in [1.29, 1.82) is 0 Å². The smallest absolute Gasteiger partial charge is 0.240 e. The van der Waals surface area contributed by atoms with Gasteiger partial charge in [-0.3, -0.25) is 0 Å². The Labute approximate surface area is 75.4 Å². The monoisotopic (exact) mass is 224 g/mol. The summed E-state index contributed by atoms with van der Waals surface area (Å²) in [6.45, 7) is 2.51. The molecule has 0 aromatic carbocycles. The predicted molar refractivity (Wildman–Crippen MR) is 35.6 cm³/mol. The van der Waals surface area contributed by atoms with E-state index >= 15 is 0 Å². The van der Waals surface area contributed by atoms with Crippen LogP contribution in [0, 0.1) is 0 Å². The first-order valence-corrected chi connectivity index (χ1v) is 3.45. The highest BCUT2D eigenvalue weighted by Crippen LogP contribution is 2.35. The number of alkyl halides is 7. The molecule has 0 saturated heterocycles. The van der Waals surface area contributed by atoms with E-state index in [0.29, 0.717) is 0 Å². The highest BCUT2D eigenvalue weighted by Gasteiger charge is 2.49. The van der Waals surface area contributed by atoms with Crippen LogP contribution in [0.25, 0.3) is 0 Å². The SMILES string of the molecule is C=CC(F)(F)C(F)CC(F)(F)C(F)F. The first-order chi connectivity index (χ1) is 6.13. The molecule has 84 valence electrons. The topological polar surface area (TPSA) is 0 Å². The fraction of sp³-hybridized carbons (Fsp3) is 0.714. The second kappa shape index (κ2) is 4.18. The normalized spacial score (nSPS) is 15.7. The summed E-state index contributed by atoms with van der Waals surface area (Å²) in [6.07, 6.45) is -9.96. The maximum absolute atomic E-state index is 12.4. The third-order valence-corrected chi connectivity index (χ3v) is 1.46. The van der Waals surface area contributed by atoms with E-state index in [1.54, 1.807) is 0 Å². The molecule has 0 rings (SSSR count). The summed E-state index contributed by atoms with van der Waals surface area (Å²) in [4.78, 5) is 0. The Balaban J connectivity index is 4.46. The minimum atomic E-state index is -4.76. The molecule has 1 unspecified atom stereocenters. The van der Waals surface area contributed by atoms with Crippen molar-refractivity contribution in [2.75, 3.05) is 0 Å². The highest BCUT2D eigenvalue weighted by atomic mass is 19.3. The molecular formula is C7H7F7. The van der Waals surface area contributed by atoms with Crippen LogP contribution in [0.3, 0.4) is 0 Å². The van der Waals surface area contributed by atoms with Crippen LogP contribution >= 0.6 is 0 Å². The van der Waals surface area contributed by atoms with Crippen molar-refractivity contribution in [3.8, 4) is 0 Å². The molecular weight excluding hydrogens is 217 g/mol. The molecule has 0 aliphatic carbocycles. The molecule has 14 heavy (non-hydrogen) atoms. The first-order valence-electron chi connectivity index (χ1n) is 3.45. The Morgan fingerprint density at radius 2 is 1.50 bits per heavy atom. The van der Waals surface area contributed by atoms with Crippen LogP contribution in [-0.2, 0) is 0 Å². The lowest BCUT2D eigenvalue weighted by molar-refractivity contribution is -0.161. The van der Waals surface area contributed by atoms with Gasteiger partial charge in [-0.2, -0.15) is 8.78 Å². The molecule has 0 N–H and O–H groups in total. The average Bonchev–Trinajstić information content (AvgIpc) is 2.03. The highest BCUT2D eigenvalue weighted by molar-refractivity contribution is 4.95. The summed E-state index contributed by atoms with van der Waals surface area (Å²) in [5, 5.41) is 0. The molecule has 0 heterocycles. The summed E-state index contributed by atoms with van der Waals surface area (Å²) in [5.74, 6) is -8.98. The van der Waals surface area contributed by atoms with Gasteiger partial charge in [-0.1, -0.05) is 6.58 Å². The van der Waals surface area contributed by atoms with Gasteiger partial charge in [-0.05, 0) is 6.08 Å². The Hall–Kier alpha value is -0.750. The fourth-order valence-corrected chi connectivity index (χ4v) is 0.592. The van der Waals surface area contributed by atoms with Crippen LogP contribution in [0.2, 0.25) is 0 Å². The van der Waals surface area contributed by atoms with Crippen molar-refractivity contribution in [2.24, 2.45) is 0 Å². The van der Waals surface area contributed by atoms with E-state index in [4.69, 9.17) is 0 Å². The summed E-state index contributed by atoms with van der Waals surface area (Å²) in [7, 11) is 0. The second-order valence-electron chi connectivity index (χ2n) is 2.61. The standard InChI is InChI=1S/C7H7F7/c1-2-6(11,12)4(8)3-7(13,14)5(9)10/h2,4-5H,1,3H2. The zero-order chi connectivity index (χ0) is 11.6. The minimum Gasteiger partial charge on any atom is -0.240 e. The van der Waals surface area contributed by atoms with Gasteiger partial charge in [0.25, 0.3) is 5.92 Å². The van der Waals surface area contributed by atoms with E-state index in [-0.39, 0.29) is 6.08 Å². The van der Waals surface area contributed by atoms with Crippen LogP contribution < -0.4 is 0 Å². The van der Waals surface area contributed by atoms with E-state index in [9.17, 15) is 30.7 Å². The van der Waals surface area contributed by atoms with Crippen LogP contribution in [0.15, 0.2) is 12.7 Å². The van der Waals surface area contributed by atoms with Crippen molar-refractivity contribution >= 4 is 0 Å². The summed E-state index contributed by atoms with van der Waals surface area (Å²) < 4.78 is 84.1. The lowest BCUT2D eigenvalue weighted by Gasteiger charge is -2.21. The van der Waals surface area contributed by atoms with Gasteiger partial charge in [0.05, 0.1) is 6.42 Å². The van der Waals surface area contributed by atoms with Crippen molar-refractivity contribution < 1.29 is 30.7 Å². The Kier molecular flexibility index (Phi) is 3.96. The Morgan fingerprint density at radius 1 is 1.07 bits per heavy atom. The Morgan fingerprint density at radius 3 is 1.79 bits per heavy atom. The van der Waals surface area contributed by atoms with Gasteiger partial charge in [0.15, 0.2) is 6.17 Å². The van der Waals surface area contributed by atoms with Gasteiger partial charge in [-0.25, -0.2) is 22.0 Å². The number of hydrogen-bond donors (Lipinski definition) is 0. The van der Waals surface area contributed by atoms with Crippen molar-refractivity contribution in [1.82, 2.24) is 0 Å². The Bertz CT molecular complexity index is 198. The molecule has 0 aromatic heterocycles. The minimum absolute atomic E-state index is 0.195. The van der Waals surface area contributed by atoms with Crippen molar-refractivity contribution in [2.45, 2.75) is 30.9 Å². The van der Waals surface area contributed by atoms with E-state index in [2.05, 4.69) is 6.58 Å². The average molecular weight is 224 g/mol. The predicted octanol–water partition coefficient (Wildman–Crippen LogP) is 3.44. The number of hydrogen-bond acceptors (Lipinski definition) is 0. The molecule has 0 spiro atoms. The lowest BCUT2D eigenvalue weighted by Crippen LogP contribution is -2.37. The van der Waals surface area contributed by atoms with Crippen molar-refractivity contribution in [3.05, 3.63) is 12.7 Å². The molecule has 7 heteroatoms. The van der Waals surface area contributed by atoms with Gasteiger partial charge in [-0.15, -0.1) is 0 Å². The van der Waals surface area contributed by atoms with Crippen LogP contribution in [-0.4, -0.2) is 24.4 Å². The summed E-state index contributed by atoms with van der Waals surface area (Å²) >= 11 is 0. The molecule has 0 aliphatic rings. The van der Waals surface area contributed by atoms with Gasteiger partial charge in [0.2, 0.25) is 0 Å². The molecule has 0 radical (unpaired) electrons. The van der Waals surface area contributed by atoms with Gasteiger partial charge >= 0.3 is 12.3 Å². The third kappa shape index (κ3) is 3.19. The molecule has 0 aromatic rings. The quantitative estimate of drug-likeness (QED) is 0.495. The zero-order valence-corrected chi connectivity index (χ0v) is 6.79. The summed E-state index contributed by atoms with van der Waals surface area (Å²) in [6, 6.07) is 0. The van der Waals surface area contributed by atoms with E-state index in [0.717, 1.165) is 0 Å². The van der Waals surface area contributed by atoms with E-state index in [1.165, 1.54) is 0 Å². The van der Waals surface area contributed by atoms with Crippen LogP contribution in [0.5, 0.6) is 0 Å². The molecule has 1 atom stereocenters. The zero-order valence-electron chi connectivity index (χ0n) is 6.79.